The number of nitrogens with zero attached hydrogens (tertiary/aromatic N) is 1. The van der Waals surface area contributed by atoms with Crippen LogP contribution in [-0.2, 0) is 9.53 Å². The van der Waals surface area contributed by atoms with Gasteiger partial charge in [0.1, 0.15) is 5.38 Å². The number of carbonyl (C=O) groups excluding carboxylic acids is 1. The Morgan fingerprint density at radius 3 is 2.61 bits per heavy atom. The van der Waals surface area contributed by atoms with Gasteiger partial charge in [-0.15, -0.1) is 11.6 Å². The van der Waals surface area contributed by atoms with E-state index < -0.39 is 5.38 Å². The van der Waals surface area contributed by atoms with Gasteiger partial charge in [0, 0.05) is 23.1 Å². The smallest absolute Gasteiger partial charge is 0.245 e. The summed E-state index contributed by atoms with van der Waals surface area (Å²) in [5.74, 6) is -0.163. The van der Waals surface area contributed by atoms with Gasteiger partial charge >= 0.3 is 0 Å². The first kappa shape index (κ1) is 13.9. The molecule has 0 aromatic heterocycles. The van der Waals surface area contributed by atoms with Crippen LogP contribution in [0.25, 0.3) is 0 Å². The van der Waals surface area contributed by atoms with E-state index in [1.165, 1.54) is 0 Å². The van der Waals surface area contributed by atoms with Crippen molar-refractivity contribution in [1.82, 2.24) is 4.90 Å². The van der Waals surface area contributed by atoms with Crippen LogP contribution in [0.15, 0.2) is 18.2 Å². The molecule has 1 aliphatic heterocycles. The van der Waals surface area contributed by atoms with E-state index in [-0.39, 0.29) is 5.91 Å². The molecule has 1 unspecified atom stereocenters. The van der Waals surface area contributed by atoms with Crippen LogP contribution < -0.4 is 0 Å². The second kappa shape index (κ2) is 6.11. The average molecular weight is 309 g/mol. The van der Waals surface area contributed by atoms with Gasteiger partial charge in [-0.05, 0) is 23.8 Å². The van der Waals surface area contributed by atoms with Gasteiger partial charge in [0.05, 0.1) is 13.2 Å². The van der Waals surface area contributed by atoms with Crippen molar-refractivity contribution >= 4 is 40.7 Å². The first-order valence-electron chi connectivity index (χ1n) is 5.55. The molecule has 0 spiro atoms. The lowest BCUT2D eigenvalue weighted by molar-refractivity contribution is -0.134. The molecule has 1 aromatic rings. The molecule has 3 nitrogen and oxygen atoms in total. The molecule has 18 heavy (non-hydrogen) atoms. The molecule has 1 heterocycles. The molecule has 1 saturated heterocycles. The standard InChI is InChI=1S/C12H12Cl3NO2/c13-8-1-2-10(14)9(7-8)11(15)12(17)16-3-5-18-6-4-16/h1-2,7,11H,3-6H2. The van der Waals surface area contributed by atoms with E-state index >= 15 is 0 Å². The van der Waals surface area contributed by atoms with Gasteiger partial charge in [-0.25, -0.2) is 0 Å². The van der Waals surface area contributed by atoms with E-state index in [9.17, 15) is 4.79 Å². The first-order valence-corrected chi connectivity index (χ1v) is 6.74. The summed E-state index contributed by atoms with van der Waals surface area (Å²) >= 11 is 18.1. The van der Waals surface area contributed by atoms with Crippen molar-refractivity contribution in [2.45, 2.75) is 5.38 Å². The Balaban J connectivity index is 2.16. The number of morpholine rings is 1. The van der Waals surface area contributed by atoms with Crippen molar-refractivity contribution in [2.24, 2.45) is 0 Å². The number of alkyl halides is 1. The molecule has 0 aliphatic carbocycles. The Kier molecular flexibility index (Phi) is 4.73. The van der Waals surface area contributed by atoms with Crippen LogP contribution in [0, 0.1) is 0 Å². The summed E-state index contributed by atoms with van der Waals surface area (Å²) in [7, 11) is 0. The molecule has 1 aromatic carbocycles. The Morgan fingerprint density at radius 2 is 1.94 bits per heavy atom. The molecule has 1 fully saturated rings. The van der Waals surface area contributed by atoms with E-state index in [1.54, 1.807) is 23.1 Å². The number of ether oxygens (including phenoxy) is 1. The molecule has 0 N–H and O–H groups in total. The summed E-state index contributed by atoms with van der Waals surface area (Å²) in [5.41, 5.74) is 0.544. The normalized spacial score (nSPS) is 17.6. The number of halogens is 3. The van der Waals surface area contributed by atoms with Crippen LogP contribution in [0.1, 0.15) is 10.9 Å². The van der Waals surface area contributed by atoms with E-state index in [1.807, 2.05) is 0 Å². The van der Waals surface area contributed by atoms with Gasteiger partial charge < -0.3 is 9.64 Å². The Bertz CT molecular complexity index is 447. The number of carbonyl (C=O) groups is 1. The van der Waals surface area contributed by atoms with Gasteiger partial charge in [-0.2, -0.15) is 0 Å². The van der Waals surface area contributed by atoms with Crippen LogP contribution in [0.4, 0.5) is 0 Å². The summed E-state index contributed by atoms with van der Waals surface area (Å²) in [6.07, 6.45) is 0. The molecular formula is C12H12Cl3NO2. The number of hydrogen-bond donors (Lipinski definition) is 0. The lowest BCUT2D eigenvalue weighted by Gasteiger charge is -2.28. The lowest BCUT2D eigenvalue weighted by atomic mass is 10.1. The largest absolute Gasteiger partial charge is 0.378 e. The summed E-state index contributed by atoms with van der Waals surface area (Å²) in [6.45, 7) is 2.19. The van der Waals surface area contributed by atoms with Crippen molar-refractivity contribution in [2.75, 3.05) is 26.3 Å². The van der Waals surface area contributed by atoms with E-state index in [0.29, 0.717) is 41.9 Å². The fourth-order valence-electron chi connectivity index (χ4n) is 1.79. The minimum atomic E-state index is -0.811. The third-order valence-corrected chi connectivity index (χ3v) is 3.77. The molecule has 98 valence electrons. The van der Waals surface area contributed by atoms with Gasteiger partial charge in [0.15, 0.2) is 0 Å². The summed E-state index contributed by atoms with van der Waals surface area (Å²) in [5, 5.41) is 0.144. The van der Waals surface area contributed by atoms with Crippen molar-refractivity contribution < 1.29 is 9.53 Å². The molecule has 0 radical (unpaired) electrons. The van der Waals surface area contributed by atoms with Crippen molar-refractivity contribution in [3.8, 4) is 0 Å². The molecule has 6 heteroatoms. The number of amides is 1. The van der Waals surface area contributed by atoms with Crippen molar-refractivity contribution in [3.05, 3.63) is 33.8 Å². The maximum absolute atomic E-state index is 12.2. The van der Waals surface area contributed by atoms with Crippen LogP contribution >= 0.6 is 34.8 Å². The van der Waals surface area contributed by atoms with Crippen LogP contribution in [-0.4, -0.2) is 37.1 Å². The maximum Gasteiger partial charge on any atom is 0.245 e. The molecule has 2 rings (SSSR count). The highest BCUT2D eigenvalue weighted by molar-refractivity contribution is 6.37. The predicted octanol–water partition coefficient (Wildman–Crippen LogP) is 3.13. The van der Waals surface area contributed by atoms with Crippen molar-refractivity contribution in [3.63, 3.8) is 0 Å². The second-order valence-corrected chi connectivity index (χ2v) is 5.25. The fraction of sp³-hybridized carbons (Fsp3) is 0.417. The average Bonchev–Trinajstić information content (AvgIpc) is 2.41. The van der Waals surface area contributed by atoms with E-state index in [2.05, 4.69) is 0 Å². The zero-order valence-electron chi connectivity index (χ0n) is 9.54. The van der Waals surface area contributed by atoms with Gasteiger partial charge in [-0.3, -0.25) is 4.79 Å². The Hall–Kier alpha value is -0.480. The van der Waals surface area contributed by atoms with Crippen LogP contribution in [0.3, 0.4) is 0 Å². The quantitative estimate of drug-likeness (QED) is 0.786. The monoisotopic (exact) mass is 307 g/mol. The molecule has 1 aliphatic rings. The summed E-state index contributed by atoms with van der Waals surface area (Å²) in [4.78, 5) is 13.9. The zero-order chi connectivity index (χ0) is 13.1. The number of rotatable bonds is 2. The fourth-order valence-corrected chi connectivity index (χ4v) is 2.57. The molecule has 0 bridgehead atoms. The summed E-state index contributed by atoms with van der Waals surface area (Å²) < 4.78 is 5.19. The van der Waals surface area contributed by atoms with Crippen LogP contribution in [0.2, 0.25) is 10.0 Å². The predicted molar refractivity (Wildman–Crippen MR) is 72.5 cm³/mol. The SMILES string of the molecule is O=C(C(Cl)c1cc(Cl)ccc1Cl)N1CCOCC1. The van der Waals surface area contributed by atoms with Gasteiger partial charge in [0.2, 0.25) is 5.91 Å². The van der Waals surface area contributed by atoms with Gasteiger partial charge in [0.25, 0.3) is 0 Å². The third kappa shape index (κ3) is 3.09. The molecule has 1 amide bonds. The van der Waals surface area contributed by atoms with E-state index in [4.69, 9.17) is 39.5 Å². The Labute approximate surface area is 121 Å². The minimum absolute atomic E-state index is 0.163. The number of hydrogen-bond acceptors (Lipinski definition) is 2. The van der Waals surface area contributed by atoms with Gasteiger partial charge in [-0.1, -0.05) is 23.2 Å². The highest BCUT2D eigenvalue weighted by Crippen LogP contribution is 2.31. The zero-order valence-corrected chi connectivity index (χ0v) is 11.8. The molecule has 1 atom stereocenters. The number of benzene rings is 1. The van der Waals surface area contributed by atoms with Crippen LogP contribution in [0.5, 0.6) is 0 Å². The topological polar surface area (TPSA) is 29.5 Å². The second-order valence-electron chi connectivity index (χ2n) is 3.97. The third-order valence-electron chi connectivity index (χ3n) is 2.77. The Morgan fingerprint density at radius 1 is 1.28 bits per heavy atom. The highest BCUT2D eigenvalue weighted by Gasteiger charge is 2.27. The summed E-state index contributed by atoms with van der Waals surface area (Å²) in [6, 6.07) is 4.93. The highest BCUT2D eigenvalue weighted by atomic mass is 35.5. The lowest BCUT2D eigenvalue weighted by Crippen LogP contribution is -2.42. The molecular weight excluding hydrogens is 296 g/mol. The van der Waals surface area contributed by atoms with Crippen molar-refractivity contribution in [1.29, 1.82) is 0 Å². The van der Waals surface area contributed by atoms with E-state index in [0.717, 1.165) is 0 Å². The first-order chi connectivity index (χ1) is 8.59. The minimum Gasteiger partial charge on any atom is -0.378 e. The molecule has 0 saturated carbocycles. The maximum atomic E-state index is 12.2.